The van der Waals surface area contributed by atoms with E-state index in [2.05, 4.69) is 70.6 Å². The smallest absolute Gasteiger partial charge is 0.0943 e. The lowest BCUT2D eigenvalue weighted by Crippen LogP contribution is -2.27. The molecule has 124 valence electrons. The summed E-state index contributed by atoms with van der Waals surface area (Å²) < 4.78 is 0. The van der Waals surface area contributed by atoms with Gasteiger partial charge in [0.05, 0.1) is 28.6 Å². The van der Waals surface area contributed by atoms with Crippen molar-refractivity contribution in [1.82, 2.24) is 15.2 Å². The number of aromatic nitrogens is 3. The lowest BCUT2D eigenvalue weighted by molar-refractivity contribution is 0.735. The Hall–Kier alpha value is -2.88. The molecule has 1 aliphatic heterocycles. The molecule has 4 aromatic rings. The van der Waals surface area contributed by atoms with Gasteiger partial charge in [-0.1, -0.05) is 24.3 Å². The zero-order chi connectivity index (χ0) is 16.8. The van der Waals surface area contributed by atoms with E-state index in [-0.39, 0.29) is 0 Å². The number of rotatable bonds is 2. The first-order chi connectivity index (χ1) is 12.3. The van der Waals surface area contributed by atoms with Crippen LogP contribution in [0.25, 0.3) is 33.1 Å². The predicted octanol–water partition coefficient (Wildman–Crippen LogP) is 4.77. The van der Waals surface area contributed by atoms with Crippen LogP contribution in [-0.2, 0) is 0 Å². The number of aromatic amines is 1. The first kappa shape index (κ1) is 14.5. The Morgan fingerprint density at radius 1 is 1.08 bits per heavy atom. The summed E-state index contributed by atoms with van der Waals surface area (Å²) in [6.07, 6.45) is 4.36. The number of nitrogens with zero attached hydrogens (tertiary/aromatic N) is 3. The number of pyridine rings is 1. The minimum Gasteiger partial charge on any atom is -0.367 e. The third-order valence-corrected chi connectivity index (χ3v) is 5.28. The largest absolute Gasteiger partial charge is 0.367 e. The highest BCUT2D eigenvalue weighted by Crippen LogP contribution is 2.36. The van der Waals surface area contributed by atoms with Gasteiger partial charge in [0.15, 0.2) is 0 Å². The van der Waals surface area contributed by atoms with Crippen LogP contribution in [-0.4, -0.2) is 27.8 Å². The van der Waals surface area contributed by atoms with Crippen LogP contribution in [0.4, 0.5) is 5.69 Å². The molecule has 3 heterocycles. The van der Waals surface area contributed by atoms with Crippen molar-refractivity contribution in [3.63, 3.8) is 0 Å². The van der Waals surface area contributed by atoms with Crippen LogP contribution in [0.3, 0.4) is 0 Å². The molecule has 0 radical (unpaired) electrons. The van der Waals surface area contributed by atoms with Crippen molar-refractivity contribution in [1.29, 1.82) is 0 Å². The summed E-state index contributed by atoms with van der Waals surface area (Å²) in [5.41, 5.74) is 5.55. The zero-order valence-electron chi connectivity index (χ0n) is 14.2. The van der Waals surface area contributed by atoms with Gasteiger partial charge >= 0.3 is 0 Å². The third kappa shape index (κ3) is 2.37. The quantitative estimate of drug-likeness (QED) is 0.576. The highest BCUT2D eigenvalue weighted by atomic mass is 15.2. The summed E-state index contributed by atoms with van der Waals surface area (Å²) in [5, 5.41) is 9.48. The number of para-hydroxylation sites is 1. The second kappa shape index (κ2) is 5.59. The molecular formula is C21H20N4. The number of hydrogen-bond donors (Lipinski definition) is 1. The second-order valence-electron chi connectivity index (χ2n) is 6.91. The summed E-state index contributed by atoms with van der Waals surface area (Å²) in [4.78, 5) is 7.55. The van der Waals surface area contributed by atoms with Gasteiger partial charge in [-0.25, -0.2) is 4.98 Å². The highest BCUT2D eigenvalue weighted by molar-refractivity contribution is 5.92. The van der Waals surface area contributed by atoms with E-state index < -0.39 is 0 Å². The average Bonchev–Trinajstić information content (AvgIpc) is 3.28. The third-order valence-electron chi connectivity index (χ3n) is 5.28. The molecule has 25 heavy (non-hydrogen) atoms. The van der Waals surface area contributed by atoms with Crippen LogP contribution >= 0.6 is 0 Å². The topological polar surface area (TPSA) is 44.8 Å². The molecule has 1 atom stereocenters. The number of hydrogen-bond acceptors (Lipinski definition) is 3. The van der Waals surface area contributed by atoms with E-state index in [1.807, 2.05) is 6.20 Å². The fourth-order valence-electron chi connectivity index (χ4n) is 3.92. The lowest BCUT2D eigenvalue weighted by atomic mass is 10.0. The van der Waals surface area contributed by atoms with Crippen molar-refractivity contribution in [3.05, 3.63) is 54.7 Å². The molecule has 1 fully saturated rings. The summed E-state index contributed by atoms with van der Waals surface area (Å²) in [5.74, 6) is 0. The minimum absolute atomic E-state index is 0.555. The van der Waals surface area contributed by atoms with Crippen molar-refractivity contribution < 1.29 is 0 Å². The molecule has 4 nitrogen and oxygen atoms in total. The molecular weight excluding hydrogens is 308 g/mol. The summed E-state index contributed by atoms with van der Waals surface area (Å²) in [7, 11) is 0. The standard InChI is InChI=1S/C21H20N4/c1-14-5-4-10-25(14)20-12-15-6-2-3-7-18(15)23-21(20)16-8-9-19-17(11-16)13-22-24-19/h2-3,6-9,11-14H,4-5,10H2,1H3,(H,22,24)/t14-/m0/s1. The van der Waals surface area contributed by atoms with Gasteiger partial charge < -0.3 is 4.90 Å². The summed E-state index contributed by atoms with van der Waals surface area (Å²) >= 11 is 0. The summed E-state index contributed by atoms with van der Waals surface area (Å²) in [6, 6.07) is 17.6. The molecule has 1 aliphatic rings. The molecule has 0 bridgehead atoms. The summed E-state index contributed by atoms with van der Waals surface area (Å²) in [6.45, 7) is 3.41. The monoisotopic (exact) mass is 328 g/mol. The number of H-pyrrole nitrogens is 1. The maximum absolute atomic E-state index is 5.04. The van der Waals surface area contributed by atoms with E-state index in [9.17, 15) is 0 Å². The van der Waals surface area contributed by atoms with Crippen LogP contribution < -0.4 is 4.90 Å². The average molecular weight is 328 g/mol. The maximum atomic E-state index is 5.04. The van der Waals surface area contributed by atoms with Gasteiger partial charge in [0, 0.05) is 28.9 Å². The van der Waals surface area contributed by atoms with E-state index in [1.165, 1.54) is 23.9 Å². The molecule has 1 saturated heterocycles. The van der Waals surface area contributed by atoms with Crippen molar-refractivity contribution in [2.45, 2.75) is 25.8 Å². The van der Waals surface area contributed by atoms with E-state index in [0.29, 0.717) is 6.04 Å². The van der Waals surface area contributed by atoms with Gasteiger partial charge in [0.25, 0.3) is 0 Å². The molecule has 0 spiro atoms. The van der Waals surface area contributed by atoms with Crippen molar-refractivity contribution in [2.75, 3.05) is 11.4 Å². The normalized spacial score (nSPS) is 17.6. The van der Waals surface area contributed by atoms with Crippen molar-refractivity contribution in [2.24, 2.45) is 0 Å². The Labute approximate surface area is 146 Å². The van der Waals surface area contributed by atoms with Crippen LogP contribution in [0.15, 0.2) is 54.7 Å². The molecule has 5 rings (SSSR count). The number of benzene rings is 2. The lowest BCUT2D eigenvalue weighted by Gasteiger charge is -2.26. The first-order valence-electron chi connectivity index (χ1n) is 8.89. The molecule has 1 N–H and O–H groups in total. The van der Waals surface area contributed by atoms with E-state index >= 15 is 0 Å². The van der Waals surface area contributed by atoms with Gasteiger partial charge in [-0.2, -0.15) is 5.10 Å². The van der Waals surface area contributed by atoms with E-state index in [0.717, 1.165) is 34.2 Å². The Kier molecular flexibility index (Phi) is 3.23. The van der Waals surface area contributed by atoms with Gasteiger partial charge in [0.2, 0.25) is 0 Å². The fraction of sp³-hybridized carbons (Fsp3) is 0.238. The Morgan fingerprint density at radius 2 is 2.00 bits per heavy atom. The van der Waals surface area contributed by atoms with Gasteiger partial charge in [-0.3, -0.25) is 5.10 Å². The van der Waals surface area contributed by atoms with Gasteiger partial charge in [-0.05, 0) is 44.0 Å². The van der Waals surface area contributed by atoms with Gasteiger partial charge in [-0.15, -0.1) is 0 Å². The molecule has 2 aromatic carbocycles. The Balaban J connectivity index is 1.76. The molecule has 0 aliphatic carbocycles. The number of nitrogens with one attached hydrogen (secondary N) is 1. The van der Waals surface area contributed by atoms with Crippen molar-refractivity contribution >= 4 is 27.5 Å². The number of fused-ring (bicyclic) bond motifs is 2. The molecule has 0 amide bonds. The Bertz CT molecular complexity index is 1070. The minimum atomic E-state index is 0.555. The number of anilines is 1. The van der Waals surface area contributed by atoms with Crippen LogP contribution in [0.2, 0.25) is 0 Å². The molecule has 0 unspecified atom stereocenters. The van der Waals surface area contributed by atoms with Crippen molar-refractivity contribution in [3.8, 4) is 11.3 Å². The molecule has 2 aromatic heterocycles. The first-order valence-corrected chi connectivity index (χ1v) is 8.89. The molecule has 0 saturated carbocycles. The fourth-order valence-corrected chi connectivity index (χ4v) is 3.92. The van der Waals surface area contributed by atoms with Gasteiger partial charge in [0.1, 0.15) is 0 Å². The van der Waals surface area contributed by atoms with Crippen LogP contribution in [0.1, 0.15) is 19.8 Å². The molecule has 4 heteroatoms. The zero-order valence-corrected chi connectivity index (χ0v) is 14.2. The Morgan fingerprint density at radius 3 is 2.88 bits per heavy atom. The van der Waals surface area contributed by atoms with E-state index in [1.54, 1.807) is 0 Å². The van der Waals surface area contributed by atoms with Crippen LogP contribution in [0, 0.1) is 0 Å². The SMILES string of the molecule is C[C@H]1CCCN1c1cc2ccccc2nc1-c1ccc2[nH]ncc2c1. The van der Waals surface area contributed by atoms with Crippen LogP contribution in [0.5, 0.6) is 0 Å². The van der Waals surface area contributed by atoms with E-state index in [4.69, 9.17) is 4.98 Å². The maximum Gasteiger partial charge on any atom is 0.0943 e. The highest BCUT2D eigenvalue weighted by Gasteiger charge is 2.24. The predicted molar refractivity (Wildman–Crippen MR) is 103 cm³/mol. The second-order valence-corrected chi connectivity index (χ2v) is 6.91.